The molecule has 0 saturated heterocycles. The van der Waals surface area contributed by atoms with Crippen molar-refractivity contribution in [3.63, 3.8) is 0 Å². The van der Waals surface area contributed by atoms with Gasteiger partial charge in [-0.15, -0.1) is 0 Å². The molecular weight excluding hydrogens is 364 g/mol. The minimum atomic E-state index is 0.0363. The van der Waals surface area contributed by atoms with Crippen molar-refractivity contribution in [2.75, 3.05) is 12.3 Å². The monoisotopic (exact) mass is 384 g/mol. The van der Waals surface area contributed by atoms with Crippen LogP contribution in [0.25, 0.3) is 5.65 Å². The lowest BCUT2D eigenvalue weighted by Gasteiger charge is -2.10. The molecule has 1 aliphatic heterocycles. The third-order valence-electron chi connectivity index (χ3n) is 4.80. The van der Waals surface area contributed by atoms with Gasteiger partial charge in [0.1, 0.15) is 6.33 Å². The number of aryl methyl sites for hydroxylation is 1. The molecule has 144 valence electrons. The Morgan fingerprint density at radius 2 is 2.03 bits per heavy atom. The minimum absolute atomic E-state index is 0.0363. The zero-order valence-electron chi connectivity index (χ0n) is 16.3. The number of fused-ring (bicyclic) bond motifs is 1. The average molecular weight is 384 g/mol. The van der Waals surface area contributed by atoms with Gasteiger partial charge in [0.15, 0.2) is 11.4 Å². The quantitative estimate of drug-likeness (QED) is 0.553. The van der Waals surface area contributed by atoms with Gasteiger partial charge in [-0.1, -0.05) is 29.5 Å². The number of nitrogens with zero attached hydrogens (tertiary/aromatic N) is 5. The first kappa shape index (κ1) is 18.6. The SMILES string of the molecule is CC1=CC(CC(=O)c2ccc(C)c(C#Cc3cnn4c(N)ncnc34)c2)=NCC1. The van der Waals surface area contributed by atoms with Crippen LogP contribution in [0.4, 0.5) is 5.95 Å². The summed E-state index contributed by atoms with van der Waals surface area (Å²) in [6.45, 7) is 4.78. The van der Waals surface area contributed by atoms with Crippen LogP contribution in [-0.4, -0.2) is 37.6 Å². The molecule has 7 nitrogen and oxygen atoms in total. The molecule has 0 spiro atoms. The lowest BCUT2D eigenvalue weighted by molar-refractivity contribution is 0.100. The van der Waals surface area contributed by atoms with Gasteiger partial charge in [0.05, 0.1) is 18.2 Å². The average Bonchev–Trinajstić information content (AvgIpc) is 3.12. The first-order valence-electron chi connectivity index (χ1n) is 9.32. The Morgan fingerprint density at radius 1 is 1.21 bits per heavy atom. The number of hydrogen-bond donors (Lipinski definition) is 1. The Bertz CT molecular complexity index is 1240. The molecule has 1 aromatic carbocycles. The van der Waals surface area contributed by atoms with E-state index < -0.39 is 0 Å². The van der Waals surface area contributed by atoms with Crippen LogP contribution in [0.3, 0.4) is 0 Å². The second kappa shape index (κ2) is 7.68. The van der Waals surface area contributed by atoms with Crippen LogP contribution in [-0.2, 0) is 0 Å². The first-order chi connectivity index (χ1) is 14.0. The van der Waals surface area contributed by atoms with E-state index in [1.807, 2.05) is 31.2 Å². The van der Waals surface area contributed by atoms with Gasteiger partial charge in [0.2, 0.25) is 5.95 Å². The molecule has 3 heterocycles. The second-order valence-electron chi connectivity index (χ2n) is 7.02. The minimum Gasteiger partial charge on any atom is -0.368 e. The van der Waals surface area contributed by atoms with Crippen molar-refractivity contribution in [2.24, 2.45) is 4.99 Å². The van der Waals surface area contributed by atoms with E-state index in [9.17, 15) is 4.79 Å². The van der Waals surface area contributed by atoms with Crippen LogP contribution >= 0.6 is 0 Å². The molecule has 2 aromatic heterocycles. The summed E-state index contributed by atoms with van der Waals surface area (Å²) in [5.41, 5.74) is 11.5. The van der Waals surface area contributed by atoms with Crippen molar-refractivity contribution in [3.05, 3.63) is 64.6 Å². The van der Waals surface area contributed by atoms with Crippen LogP contribution in [0.2, 0.25) is 0 Å². The highest BCUT2D eigenvalue weighted by molar-refractivity contribution is 6.14. The summed E-state index contributed by atoms with van der Waals surface area (Å²) < 4.78 is 1.44. The Morgan fingerprint density at radius 3 is 2.86 bits per heavy atom. The maximum Gasteiger partial charge on any atom is 0.224 e. The van der Waals surface area contributed by atoms with E-state index in [4.69, 9.17) is 5.73 Å². The van der Waals surface area contributed by atoms with Crippen molar-refractivity contribution in [3.8, 4) is 11.8 Å². The standard InChI is InChI=1S/C22H20N6O/c1-14-7-8-24-19(9-14)11-20(29)17-4-3-15(2)16(10-17)5-6-18-12-27-28-21(18)25-13-26-22(28)23/h3-4,9-10,12-13H,7-8,11H2,1-2H3,(H2,23,25,26). The number of aliphatic imine (C=N–C) groups is 1. The molecule has 0 atom stereocenters. The number of benzene rings is 1. The first-order valence-corrected chi connectivity index (χ1v) is 9.32. The number of allylic oxidation sites excluding steroid dienone is 1. The number of carbonyl (C=O) groups excluding carboxylic acids is 1. The molecule has 0 bridgehead atoms. The molecule has 3 aromatic rings. The topological polar surface area (TPSA) is 98.5 Å². The van der Waals surface area contributed by atoms with Gasteiger partial charge in [0, 0.05) is 23.4 Å². The van der Waals surface area contributed by atoms with Gasteiger partial charge in [-0.2, -0.15) is 9.61 Å². The van der Waals surface area contributed by atoms with Crippen LogP contribution in [0, 0.1) is 18.8 Å². The molecule has 0 saturated carbocycles. The smallest absolute Gasteiger partial charge is 0.224 e. The summed E-state index contributed by atoms with van der Waals surface area (Å²) in [6.07, 6.45) is 6.26. The van der Waals surface area contributed by atoms with Crippen LogP contribution in [0.5, 0.6) is 0 Å². The zero-order valence-corrected chi connectivity index (χ0v) is 16.3. The summed E-state index contributed by atoms with van der Waals surface area (Å²) >= 11 is 0. The largest absolute Gasteiger partial charge is 0.368 e. The normalized spacial score (nSPS) is 13.4. The van der Waals surface area contributed by atoms with E-state index in [2.05, 4.69) is 38.8 Å². The van der Waals surface area contributed by atoms with E-state index in [-0.39, 0.29) is 11.7 Å². The van der Waals surface area contributed by atoms with Gasteiger partial charge in [0.25, 0.3) is 0 Å². The highest BCUT2D eigenvalue weighted by Gasteiger charge is 2.12. The summed E-state index contributed by atoms with van der Waals surface area (Å²) in [4.78, 5) is 25.3. The molecule has 0 amide bonds. The Kier molecular flexibility index (Phi) is 4.92. The summed E-state index contributed by atoms with van der Waals surface area (Å²) in [7, 11) is 0. The lowest BCUT2D eigenvalue weighted by Crippen LogP contribution is -2.10. The molecular formula is C22H20N6O. The van der Waals surface area contributed by atoms with Crippen LogP contribution in [0.1, 0.15) is 46.8 Å². The number of aromatic nitrogens is 4. The van der Waals surface area contributed by atoms with Gasteiger partial charge < -0.3 is 5.73 Å². The molecule has 0 radical (unpaired) electrons. The Hall–Kier alpha value is -3.79. The molecule has 1 aliphatic rings. The predicted octanol–water partition coefficient (Wildman–Crippen LogP) is 2.78. The predicted molar refractivity (Wildman–Crippen MR) is 112 cm³/mol. The van der Waals surface area contributed by atoms with E-state index in [0.29, 0.717) is 23.2 Å². The molecule has 4 rings (SSSR count). The highest BCUT2D eigenvalue weighted by Crippen LogP contribution is 2.16. The fourth-order valence-corrected chi connectivity index (χ4v) is 3.14. The summed E-state index contributed by atoms with van der Waals surface area (Å²) in [5, 5.41) is 4.16. The van der Waals surface area contributed by atoms with E-state index in [1.54, 1.807) is 6.20 Å². The van der Waals surface area contributed by atoms with Crippen LogP contribution in [0.15, 0.2) is 47.4 Å². The second-order valence-corrected chi connectivity index (χ2v) is 7.02. The Balaban J connectivity index is 1.61. The molecule has 0 aliphatic carbocycles. The number of Topliss-reactive ketones (excluding diaryl/α,β-unsaturated/α-hetero) is 1. The van der Waals surface area contributed by atoms with Crippen molar-refractivity contribution in [1.29, 1.82) is 0 Å². The lowest BCUT2D eigenvalue weighted by atomic mass is 9.98. The van der Waals surface area contributed by atoms with Crippen molar-refractivity contribution >= 4 is 23.1 Å². The zero-order chi connectivity index (χ0) is 20.4. The summed E-state index contributed by atoms with van der Waals surface area (Å²) in [6, 6.07) is 5.59. The third kappa shape index (κ3) is 3.92. The van der Waals surface area contributed by atoms with Gasteiger partial charge >= 0.3 is 0 Å². The van der Waals surface area contributed by atoms with E-state index >= 15 is 0 Å². The van der Waals surface area contributed by atoms with Crippen molar-refractivity contribution in [2.45, 2.75) is 26.7 Å². The molecule has 0 unspecified atom stereocenters. The van der Waals surface area contributed by atoms with Gasteiger partial charge in [-0.05, 0) is 38.0 Å². The van der Waals surface area contributed by atoms with Crippen molar-refractivity contribution in [1.82, 2.24) is 19.6 Å². The fourth-order valence-electron chi connectivity index (χ4n) is 3.14. The molecule has 29 heavy (non-hydrogen) atoms. The van der Waals surface area contributed by atoms with E-state index in [0.717, 1.165) is 29.8 Å². The number of anilines is 1. The van der Waals surface area contributed by atoms with Gasteiger partial charge in [-0.3, -0.25) is 9.79 Å². The summed E-state index contributed by atoms with van der Waals surface area (Å²) in [5.74, 6) is 6.50. The molecule has 2 N–H and O–H groups in total. The third-order valence-corrected chi connectivity index (χ3v) is 4.80. The highest BCUT2D eigenvalue weighted by atomic mass is 16.1. The number of nitrogens with two attached hydrogens (primary N) is 1. The number of carbonyl (C=O) groups is 1. The maximum atomic E-state index is 12.7. The van der Waals surface area contributed by atoms with Gasteiger partial charge in [-0.25, -0.2) is 9.97 Å². The van der Waals surface area contributed by atoms with E-state index in [1.165, 1.54) is 16.4 Å². The maximum absolute atomic E-state index is 12.7. The molecule has 0 fully saturated rings. The van der Waals surface area contributed by atoms with Crippen LogP contribution < -0.4 is 5.73 Å². The number of rotatable bonds is 3. The number of dihydropyridines is 1. The number of hydrogen-bond acceptors (Lipinski definition) is 6. The fraction of sp³-hybridized carbons (Fsp3) is 0.227. The number of nitrogen functional groups attached to an aromatic ring is 1. The molecule has 7 heteroatoms. The van der Waals surface area contributed by atoms with Crippen molar-refractivity contribution < 1.29 is 4.79 Å². The Labute approximate surface area is 168 Å². The number of ketones is 1.